The first-order valence-corrected chi connectivity index (χ1v) is 5.94. The molecule has 16 heavy (non-hydrogen) atoms. The van der Waals surface area contributed by atoms with E-state index in [4.69, 9.17) is 16.2 Å². The molecule has 0 aliphatic rings. The highest BCUT2D eigenvalue weighted by Crippen LogP contribution is 2.23. The van der Waals surface area contributed by atoms with Gasteiger partial charge in [0.05, 0.1) is 13.2 Å². The second-order valence-corrected chi connectivity index (χ2v) is 4.49. The zero-order chi connectivity index (χ0) is 12.0. The normalized spacial score (nSPS) is 12.1. The Bertz CT molecular complexity index is 358. The van der Waals surface area contributed by atoms with E-state index < -0.39 is 11.9 Å². The smallest absolute Gasteiger partial charge is 0.234 e. The van der Waals surface area contributed by atoms with Gasteiger partial charge in [0.15, 0.2) is 0 Å². The Morgan fingerprint density at radius 2 is 2.31 bits per heavy atom. The largest absolute Gasteiger partial charge is 0.497 e. The molecular weight excluding hydrogens is 224 g/mol. The third-order valence-corrected chi connectivity index (χ3v) is 3.13. The second-order valence-electron chi connectivity index (χ2n) is 3.32. The first-order valence-electron chi connectivity index (χ1n) is 4.95. The molecule has 0 fully saturated rings. The number of methoxy groups -OCH3 is 1. The van der Waals surface area contributed by atoms with E-state index in [1.807, 2.05) is 24.3 Å². The van der Waals surface area contributed by atoms with Gasteiger partial charge in [-0.25, -0.2) is 0 Å². The average Bonchev–Trinajstić information content (AvgIpc) is 2.29. The summed E-state index contributed by atoms with van der Waals surface area (Å²) in [5.41, 5.74) is 10.6. The molecule has 1 aromatic carbocycles. The number of primary amides is 1. The number of benzene rings is 1. The molecular formula is C11H16N2O2S. The van der Waals surface area contributed by atoms with Gasteiger partial charge in [-0.1, -0.05) is 6.07 Å². The van der Waals surface area contributed by atoms with Gasteiger partial charge in [-0.05, 0) is 30.4 Å². The van der Waals surface area contributed by atoms with E-state index in [-0.39, 0.29) is 0 Å². The van der Waals surface area contributed by atoms with Gasteiger partial charge >= 0.3 is 0 Å². The van der Waals surface area contributed by atoms with Crippen molar-refractivity contribution in [1.82, 2.24) is 0 Å². The molecule has 1 atom stereocenters. The minimum Gasteiger partial charge on any atom is -0.497 e. The summed E-state index contributed by atoms with van der Waals surface area (Å²) in [5.74, 6) is 1.13. The first-order chi connectivity index (χ1) is 7.63. The average molecular weight is 240 g/mol. The highest BCUT2D eigenvalue weighted by atomic mass is 32.2. The zero-order valence-corrected chi connectivity index (χ0v) is 10.00. The number of amides is 1. The SMILES string of the molecule is COc1cccc(SCCC(N)C(N)=O)c1. The van der Waals surface area contributed by atoms with E-state index in [0.29, 0.717) is 6.42 Å². The lowest BCUT2D eigenvalue weighted by Crippen LogP contribution is -2.36. The van der Waals surface area contributed by atoms with Crippen molar-refractivity contribution in [2.24, 2.45) is 11.5 Å². The maximum atomic E-state index is 10.7. The van der Waals surface area contributed by atoms with Crippen molar-refractivity contribution in [3.05, 3.63) is 24.3 Å². The van der Waals surface area contributed by atoms with Gasteiger partial charge in [-0.3, -0.25) is 4.79 Å². The van der Waals surface area contributed by atoms with Crippen LogP contribution in [0, 0.1) is 0 Å². The van der Waals surface area contributed by atoms with Crippen molar-refractivity contribution in [1.29, 1.82) is 0 Å². The molecule has 1 amide bonds. The minimum absolute atomic E-state index is 0.453. The number of rotatable bonds is 6. The summed E-state index contributed by atoms with van der Waals surface area (Å²) in [5, 5.41) is 0. The third kappa shape index (κ3) is 4.12. The van der Waals surface area contributed by atoms with Gasteiger partial charge in [0.1, 0.15) is 5.75 Å². The lowest BCUT2D eigenvalue weighted by Gasteiger charge is -2.07. The summed E-state index contributed by atoms with van der Waals surface area (Å²) in [6.07, 6.45) is 0.581. The maximum Gasteiger partial charge on any atom is 0.234 e. The minimum atomic E-state index is -0.557. The van der Waals surface area contributed by atoms with Crippen LogP contribution in [0.4, 0.5) is 0 Å². The topological polar surface area (TPSA) is 78.3 Å². The number of hydrogen-bond donors (Lipinski definition) is 2. The molecule has 0 aliphatic carbocycles. The number of nitrogens with two attached hydrogens (primary N) is 2. The van der Waals surface area contributed by atoms with E-state index in [9.17, 15) is 4.79 Å². The number of carbonyl (C=O) groups excluding carboxylic acids is 1. The molecule has 4 N–H and O–H groups in total. The molecule has 1 unspecified atom stereocenters. The van der Waals surface area contributed by atoms with Crippen LogP contribution in [0.15, 0.2) is 29.2 Å². The van der Waals surface area contributed by atoms with Crippen LogP contribution in [0.2, 0.25) is 0 Å². The molecule has 4 nitrogen and oxygen atoms in total. The fourth-order valence-electron chi connectivity index (χ4n) is 1.14. The molecule has 1 aromatic rings. The molecule has 0 bridgehead atoms. The summed E-state index contributed by atoms with van der Waals surface area (Å²) in [4.78, 5) is 11.8. The van der Waals surface area contributed by atoms with Crippen LogP contribution in [0.25, 0.3) is 0 Å². The fourth-order valence-corrected chi connectivity index (χ4v) is 2.12. The zero-order valence-electron chi connectivity index (χ0n) is 9.18. The predicted octanol–water partition coefficient (Wildman–Crippen LogP) is 0.990. The Labute approximate surface area is 99.3 Å². The van der Waals surface area contributed by atoms with Gasteiger partial charge in [0.25, 0.3) is 0 Å². The van der Waals surface area contributed by atoms with Crippen LogP contribution < -0.4 is 16.2 Å². The van der Waals surface area contributed by atoms with Gasteiger partial charge in [-0.2, -0.15) is 0 Å². The standard InChI is InChI=1S/C11H16N2O2S/c1-15-8-3-2-4-9(7-8)16-6-5-10(12)11(13)14/h2-4,7,10H,5-6,12H2,1H3,(H2,13,14). The molecule has 0 aromatic heterocycles. The molecule has 0 heterocycles. The number of hydrogen-bond acceptors (Lipinski definition) is 4. The predicted molar refractivity (Wildman–Crippen MR) is 65.5 cm³/mol. The summed E-state index contributed by atoms with van der Waals surface area (Å²) >= 11 is 1.63. The van der Waals surface area contributed by atoms with E-state index >= 15 is 0 Å². The van der Waals surface area contributed by atoms with E-state index in [1.54, 1.807) is 18.9 Å². The quantitative estimate of drug-likeness (QED) is 0.727. The van der Waals surface area contributed by atoms with Crippen molar-refractivity contribution in [2.45, 2.75) is 17.4 Å². The highest BCUT2D eigenvalue weighted by molar-refractivity contribution is 7.99. The van der Waals surface area contributed by atoms with E-state index in [0.717, 1.165) is 16.4 Å². The molecule has 1 rings (SSSR count). The van der Waals surface area contributed by atoms with Gasteiger partial charge in [0, 0.05) is 4.90 Å². The lowest BCUT2D eigenvalue weighted by atomic mass is 10.2. The number of carbonyl (C=O) groups is 1. The highest BCUT2D eigenvalue weighted by Gasteiger charge is 2.08. The molecule has 0 saturated heterocycles. The second kappa shape index (κ2) is 6.40. The molecule has 0 radical (unpaired) electrons. The van der Waals surface area contributed by atoms with Gasteiger partial charge < -0.3 is 16.2 Å². The Kier molecular flexibility index (Phi) is 5.14. The Hall–Kier alpha value is -1.20. The summed E-state index contributed by atoms with van der Waals surface area (Å²) in [6.45, 7) is 0. The van der Waals surface area contributed by atoms with Crippen LogP contribution in [0.3, 0.4) is 0 Å². The third-order valence-electron chi connectivity index (χ3n) is 2.10. The van der Waals surface area contributed by atoms with Crippen LogP contribution in [-0.2, 0) is 4.79 Å². The first kappa shape index (κ1) is 12.9. The van der Waals surface area contributed by atoms with Crippen LogP contribution >= 0.6 is 11.8 Å². The summed E-state index contributed by atoms with van der Waals surface area (Å²) in [7, 11) is 1.63. The van der Waals surface area contributed by atoms with Gasteiger partial charge in [-0.15, -0.1) is 11.8 Å². The summed E-state index contributed by atoms with van der Waals surface area (Å²) < 4.78 is 5.11. The number of ether oxygens (including phenoxy) is 1. The van der Waals surface area contributed by atoms with Crippen molar-refractivity contribution in [2.75, 3.05) is 12.9 Å². The van der Waals surface area contributed by atoms with Crippen LogP contribution in [-0.4, -0.2) is 24.8 Å². The molecule has 0 spiro atoms. The maximum absolute atomic E-state index is 10.7. The monoisotopic (exact) mass is 240 g/mol. The van der Waals surface area contributed by atoms with E-state index in [2.05, 4.69) is 0 Å². The van der Waals surface area contributed by atoms with Crippen molar-refractivity contribution in [3.8, 4) is 5.75 Å². The van der Waals surface area contributed by atoms with Crippen molar-refractivity contribution >= 4 is 17.7 Å². The van der Waals surface area contributed by atoms with Gasteiger partial charge in [0.2, 0.25) is 5.91 Å². The fraction of sp³-hybridized carbons (Fsp3) is 0.364. The Balaban J connectivity index is 2.39. The van der Waals surface area contributed by atoms with Crippen LogP contribution in [0.1, 0.15) is 6.42 Å². The van der Waals surface area contributed by atoms with Crippen LogP contribution in [0.5, 0.6) is 5.75 Å². The molecule has 5 heteroatoms. The lowest BCUT2D eigenvalue weighted by molar-refractivity contribution is -0.119. The molecule has 0 aliphatic heterocycles. The Morgan fingerprint density at radius 3 is 2.94 bits per heavy atom. The van der Waals surface area contributed by atoms with Crippen molar-refractivity contribution < 1.29 is 9.53 Å². The van der Waals surface area contributed by atoms with E-state index in [1.165, 1.54) is 0 Å². The van der Waals surface area contributed by atoms with Crippen molar-refractivity contribution in [3.63, 3.8) is 0 Å². The Morgan fingerprint density at radius 1 is 1.56 bits per heavy atom. The summed E-state index contributed by atoms with van der Waals surface area (Å²) in [6, 6.07) is 7.19. The molecule has 0 saturated carbocycles. The molecule has 88 valence electrons. The number of thioether (sulfide) groups is 1.